The molecule has 1 atom stereocenters. The molecule has 1 unspecified atom stereocenters. The van der Waals surface area contributed by atoms with Gasteiger partial charge in [0.25, 0.3) is 0 Å². The molecule has 1 aromatic rings. The van der Waals surface area contributed by atoms with Gasteiger partial charge in [-0.05, 0) is 31.2 Å². The highest BCUT2D eigenvalue weighted by Crippen LogP contribution is 2.51. The van der Waals surface area contributed by atoms with Crippen LogP contribution >= 0.6 is 0 Å². The van der Waals surface area contributed by atoms with Crippen LogP contribution in [0.2, 0.25) is 0 Å². The number of aryl methyl sites for hydroxylation is 1. The Morgan fingerprint density at radius 1 is 1.41 bits per heavy atom. The fourth-order valence-electron chi connectivity index (χ4n) is 3.37. The summed E-state index contributed by atoms with van der Waals surface area (Å²) in [7, 11) is 1.90. The fourth-order valence-corrected chi connectivity index (χ4v) is 3.37. The van der Waals surface area contributed by atoms with E-state index in [1.807, 2.05) is 19.3 Å². The molecule has 1 N–H and O–H groups in total. The Labute approximate surface area is 104 Å². The summed E-state index contributed by atoms with van der Waals surface area (Å²) >= 11 is 0. The third kappa shape index (κ3) is 2.54. The number of aliphatic hydroxyl groups excluding tert-OH is 1. The van der Waals surface area contributed by atoms with Crippen molar-refractivity contribution < 1.29 is 5.11 Å². The van der Waals surface area contributed by atoms with Crippen LogP contribution in [0.5, 0.6) is 0 Å². The van der Waals surface area contributed by atoms with Gasteiger partial charge >= 0.3 is 0 Å². The summed E-state index contributed by atoms with van der Waals surface area (Å²) in [6.07, 6.45) is 7.40. The number of aromatic nitrogens is 2. The summed E-state index contributed by atoms with van der Waals surface area (Å²) in [5, 5.41) is 15.0. The topological polar surface area (TPSA) is 38.0 Å². The van der Waals surface area contributed by atoms with Crippen molar-refractivity contribution in [2.45, 2.75) is 52.1 Å². The lowest BCUT2D eigenvalue weighted by Crippen LogP contribution is -2.28. The van der Waals surface area contributed by atoms with E-state index in [2.05, 4.69) is 18.9 Å². The van der Waals surface area contributed by atoms with Crippen molar-refractivity contribution in [1.29, 1.82) is 0 Å². The van der Waals surface area contributed by atoms with E-state index in [0.717, 1.165) is 25.0 Å². The van der Waals surface area contributed by atoms with Gasteiger partial charge in [-0.2, -0.15) is 5.10 Å². The predicted octanol–water partition coefficient (Wildman–Crippen LogP) is 3.06. The minimum Gasteiger partial charge on any atom is -0.386 e. The van der Waals surface area contributed by atoms with Gasteiger partial charge in [-0.1, -0.05) is 26.7 Å². The van der Waals surface area contributed by atoms with E-state index < -0.39 is 6.10 Å². The maximum atomic E-state index is 10.7. The highest BCUT2D eigenvalue weighted by molar-refractivity contribution is 5.09. The third-order valence-corrected chi connectivity index (χ3v) is 4.01. The standard InChI is InChI=1S/C14H24N2O/c1-11(2)10-14(7-4-5-8-14)13(17)12-6-9-16(3)15-12/h6,9,11,13,17H,4-5,7-8,10H2,1-3H3. The molecule has 96 valence electrons. The largest absolute Gasteiger partial charge is 0.386 e. The Hall–Kier alpha value is -0.830. The van der Waals surface area contributed by atoms with Gasteiger partial charge in [-0.15, -0.1) is 0 Å². The van der Waals surface area contributed by atoms with Gasteiger partial charge in [0, 0.05) is 18.7 Å². The quantitative estimate of drug-likeness (QED) is 0.872. The zero-order chi connectivity index (χ0) is 12.5. The van der Waals surface area contributed by atoms with Crippen LogP contribution < -0.4 is 0 Å². The first-order valence-corrected chi connectivity index (χ1v) is 6.71. The second-order valence-electron chi connectivity index (χ2n) is 5.98. The van der Waals surface area contributed by atoms with Gasteiger partial charge in [-0.25, -0.2) is 0 Å². The Kier molecular flexibility index (Phi) is 3.57. The minimum absolute atomic E-state index is 0.0719. The number of hydrogen-bond donors (Lipinski definition) is 1. The molecule has 0 amide bonds. The Bertz CT molecular complexity index is 364. The summed E-state index contributed by atoms with van der Waals surface area (Å²) in [6.45, 7) is 4.48. The summed E-state index contributed by atoms with van der Waals surface area (Å²) in [4.78, 5) is 0. The molecule has 0 aliphatic heterocycles. The highest BCUT2D eigenvalue weighted by atomic mass is 16.3. The minimum atomic E-state index is -0.395. The van der Waals surface area contributed by atoms with Crippen LogP contribution in [-0.4, -0.2) is 14.9 Å². The Balaban J connectivity index is 2.21. The first kappa shape index (κ1) is 12.6. The van der Waals surface area contributed by atoms with E-state index in [0.29, 0.717) is 5.92 Å². The first-order chi connectivity index (χ1) is 8.03. The normalized spacial score (nSPS) is 21.0. The number of hydrogen-bond acceptors (Lipinski definition) is 2. The molecular weight excluding hydrogens is 212 g/mol. The molecule has 2 rings (SSSR count). The molecule has 1 aromatic heterocycles. The number of rotatable bonds is 4. The smallest absolute Gasteiger partial charge is 0.103 e. The summed E-state index contributed by atoms with van der Waals surface area (Å²) < 4.78 is 1.77. The SMILES string of the molecule is CC(C)CC1(C(O)c2ccn(C)n2)CCCC1. The van der Waals surface area contributed by atoms with Gasteiger partial charge < -0.3 is 5.11 Å². The van der Waals surface area contributed by atoms with Crippen LogP contribution in [0.15, 0.2) is 12.3 Å². The van der Waals surface area contributed by atoms with Crippen LogP contribution in [0.3, 0.4) is 0 Å². The zero-order valence-corrected chi connectivity index (χ0v) is 11.2. The van der Waals surface area contributed by atoms with Crippen molar-refractivity contribution in [2.24, 2.45) is 18.4 Å². The molecular formula is C14H24N2O. The van der Waals surface area contributed by atoms with Crippen molar-refractivity contribution in [3.63, 3.8) is 0 Å². The molecule has 0 radical (unpaired) electrons. The second kappa shape index (κ2) is 4.81. The predicted molar refractivity (Wildman–Crippen MR) is 68.5 cm³/mol. The van der Waals surface area contributed by atoms with Crippen molar-refractivity contribution in [2.75, 3.05) is 0 Å². The van der Waals surface area contributed by atoms with E-state index >= 15 is 0 Å². The summed E-state index contributed by atoms with van der Waals surface area (Å²) in [5.41, 5.74) is 0.915. The lowest BCUT2D eigenvalue weighted by Gasteiger charge is -2.35. The summed E-state index contributed by atoms with van der Waals surface area (Å²) in [6, 6.07) is 1.95. The van der Waals surface area contributed by atoms with Crippen LogP contribution in [-0.2, 0) is 7.05 Å². The van der Waals surface area contributed by atoms with Gasteiger partial charge in [-0.3, -0.25) is 4.68 Å². The number of nitrogens with zero attached hydrogens (tertiary/aromatic N) is 2. The maximum Gasteiger partial charge on any atom is 0.103 e. The average molecular weight is 236 g/mol. The van der Waals surface area contributed by atoms with Crippen LogP contribution in [0, 0.1) is 11.3 Å². The molecule has 0 bridgehead atoms. The van der Waals surface area contributed by atoms with E-state index in [1.165, 1.54) is 12.8 Å². The van der Waals surface area contributed by atoms with E-state index in [9.17, 15) is 5.11 Å². The van der Waals surface area contributed by atoms with Crippen molar-refractivity contribution >= 4 is 0 Å². The molecule has 1 saturated carbocycles. The summed E-state index contributed by atoms with van der Waals surface area (Å²) in [5.74, 6) is 0.631. The van der Waals surface area contributed by atoms with E-state index in [-0.39, 0.29) is 5.41 Å². The lowest BCUT2D eigenvalue weighted by molar-refractivity contribution is 0.00782. The molecule has 17 heavy (non-hydrogen) atoms. The van der Waals surface area contributed by atoms with Crippen molar-refractivity contribution in [1.82, 2.24) is 9.78 Å². The van der Waals surface area contributed by atoms with Gasteiger partial charge in [0.15, 0.2) is 0 Å². The van der Waals surface area contributed by atoms with Gasteiger partial charge in [0.1, 0.15) is 6.10 Å². The Morgan fingerprint density at radius 2 is 2.06 bits per heavy atom. The van der Waals surface area contributed by atoms with E-state index in [4.69, 9.17) is 0 Å². The molecule has 0 saturated heterocycles. The van der Waals surface area contributed by atoms with Crippen molar-refractivity contribution in [3.05, 3.63) is 18.0 Å². The van der Waals surface area contributed by atoms with Crippen molar-refractivity contribution in [3.8, 4) is 0 Å². The lowest BCUT2D eigenvalue weighted by atomic mass is 9.73. The van der Waals surface area contributed by atoms with Crippen LogP contribution in [0.25, 0.3) is 0 Å². The zero-order valence-electron chi connectivity index (χ0n) is 11.2. The fraction of sp³-hybridized carbons (Fsp3) is 0.786. The van der Waals surface area contributed by atoms with Crippen LogP contribution in [0.4, 0.5) is 0 Å². The van der Waals surface area contributed by atoms with Gasteiger partial charge in [0.2, 0.25) is 0 Å². The highest BCUT2D eigenvalue weighted by Gasteiger charge is 2.42. The maximum absolute atomic E-state index is 10.7. The molecule has 1 aliphatic carbocycles. The molecule has 0 spiro atoms. The van der Waals surface area contributed by atoms with E-state index in [1.54, 1.807) is 4.68 Å². The molecule has 0 aromatic carbocycles. The molecule has 3 nitrogen and oxygen atoms in total. The molecule has 3 heteroatoms. The average Bonchev–Trinajstić information content (AvgIpc) is 2.86. The van der Waals surface area contributed by atoms with Crippen LogP contribution in [0.1, 0.15) is 57.7 Å². The van der Waals surface area contributed by atoms with Gasteiger partial charge in [0.05, 0.1) is 5.69 Å². The Morgan fingerprint density at radius 3 is 2.53 bits per heavy atom. The molecule has 1 aliphatic rings. The number of aliphatic hydroxyl groups is 1. The third-order valence-electron chi connectivity index (χ3n) is 4.01. The monoisotopic (exact) mass is 236 g/mol. The second-order valence-corrected chi connectivity index (χ2v) is 5.98. The molecule has 1 heterocycles. The first-order valence-electron chi connectivity index (χ1n) is 6.71. The molecule has 1 fully saturated rings.